The molecular weight excluding hydrogens is 406 g/mol. The molecule has 152 valence electrons. The first-order valence-corrected chi connectivity index (χ1v) is 10.8. The van der Waals surface area contributed by atoms with Gasteiger partial charge in [-0.3, -0.25) is 14.2 Å². The van der Waals surface area contributed by atoms with Crippen molar-refractivity contribution in [2.75, 3.05) is 5.75 Å². The van der Waals surface area contributed by atoms with Gasteiger partial charge >= 0.3 is 0 Å². The molecule has 29 heavy (non-hydrogen) atoms. The first kappa shape index (κ1) is 21.4. The fourth-order valence-corrected chi connectivity index (χ4v) is 3.75. The SMILES string of the molecule is Cc1ccc(-n2c(SCC(=O)NC(C)C(C)C)nc3ccccc3c2=O)cc1Cl. The number of fused-ring (bicyclic) bond motifs is 1. The van der Waals surface area contributed by atoms with E-state index in [2.05, 4.69) is 24.1 Å². The molecule has 0 radical (unpaired) electrons. The van der Waals surface area contributed by atoms with Crippen LogP contribution in [0.5, 0.6) is 0 Å². The third-order valence-corrected chi connectivity index (χ3v) is 6.23. The maximum atomic E-state index is 13.2. The highest BCUT2D eigenvalue weighted by molar-refractivity contribution is 7.99. The molecule has 3 rings (SSSR count). The zero-order valence-electron chi connectivity index (χ0n) is 16.9. The lowest BCUT2D eigenvalue weighted by Gasteiger charge is -2.18. The fraction of sp³-hybridized carbons (Fsp3) is 0.318. The van der Waals surface area contributed by atoms with Gasteiger partial charge in [0.05, 0.1) is 22.3 Å². The summed E-state index contributed by atoms with van der Waals surface area (Å²) in [7, 11) is 0. The van der Waals surface area contributed by atoms with E-state index in [1.165, 1.54) is 16.3 Å². The van der Waals surface area contributed by atoms with Crippen molar-refractivity contribution < 1.29 is 4.79 Å². The van der Waals surface area contributed by atoms with Crippen LogP contribution < -0.4 is 10.9 Å². The third-order valence-electron chi connectivity index (χ3n) is 4.88. The van der Waals surface area contributed by atoms with Crippen molar-refractivity contribution in [3.05, 3.63) is 63.4 Å². The summed E-state index contributed by atoms with van der Waals surface area (Å²) in [6.07, 6.45) is 0. The standard InChI is InChI=1S/C22H24ClN3O2S/c1-13(2)15(4)24-20(27)12-29-22-25-19-8-6-5-7-17(19)21(28)26(22)16-10-9-14(3)18(23)11-16/h5-11,13,15H,12H2,1-4H3,(H,24,27). The van der Waals surface area contributed by atoms with Gasteiger partial charge in [0.2, 0.25) is 5.91 Å². The molecule has 1 atom stereocenters. The number of aromatic nitrogens is 2. The van der Waals surface area contributed by atoms with Crippen LogP contribution in [0.1, 0.15) is 26.3 Å². The van der Waals surface area contributed by atoms with Gasteiger partial charge in [-0.25, -0.2) is 4.98 Å². The van der Waals surface area contributed by atoms with Crippen molar-refractivity contribution in [3.63, 3.8) is 0 Å². The summed E-state index contributed by atoms with van der Waals surface area (Å²) in [4.78, 5) is 30.2. The number of carbonyl (C=O) groups excluding carboxylic acids is 1. The summed E-state index contributed by atoms with van der Waals surface area (Å²) < 4.78 is 1.53. The van der Waals surface area contributed by atoms with Gasteiger partial charge in [0.25, 0.3) is 5.56 Å². The number of hydrogen-bond acceptors (Lipinski definition) is 4. The number of hydrogen-bond donors (Lipinski definition) is 1. The smallest absolute Gasteiger partial charge is 0.266 e. The second-order valence-corrected chi connectivity index (χ2v) is 8.72. The molecule has 7 heteroatoms. The maximum absolute atomic E-state index is 13.2. The van der Waals surface area contributed by atoms with Crippen molar-refractivity contribution in [1.29, 1.82) is 0 Å². The third kappa shape index (κ3) is 4.82. The van der Waals surface area contributed by atoms with Crippen molar-refractivity contribution in [3.8, 4) is 5.69 Å². The molecule has 0 aliphatic heterocycles. The van der Waals surface area contributed by atoms with Crippen LogP contribution in [0.2, 0.25) is 5.02 Å². The summed E-state index contributed by atoms with van der Waals surface area (Å²) >= 11 is 7.53. The predicted molar refractivity (Wildman–Crippen MR) is 120 cm³/mol. The number of amides is 1. The first-order valence-electron chi connectivity index (χ1n) is 9.48. The van der Waals surface area contributed by atoms with E-state index in [-0.39, 0.29) is 23.3 Å². The lowest BCUT2D eigenvalue weighted by atomic mass is 10.1. The Morgan fingerprint density at radius 2 is 1.93 bits per heavy atom. The van der Waals surface area contributed by atoms with Crippen LogP contribution >= 0.6 is 23.4 Å². The van der Waals surface area contributed by atoms with Gasteiger partial charge < -0.3 is 5.32 Å². The highest BCUT2D eigenvalue weighted by Gasteiger charge is 2.16. The van der Waals surface area contributed by atoms with Crippen molar-refractivity contribution in [2.45, 2.75) is 38.9 Å². The van der Waals surface area contributed by atoms with Crippen LogP contribution in [-0.2, 0) is 4.79 Å². The molecule has 2 aromatic carbocycles. The largest absolute Gasteiger partial charge is 0.353 e. The minimum Gasteiger partial charge on any atom is -0.353 e. The molecule has 0 spiro atoms. The lowest BCUT2D eigenvalue weighted by molar-refractivity contribution is -0.119. The van der Waals surface area contributed by atoms with E-state index in [4.69, 9.17) is 11.6 Å². The summed E-state index contributed by atoms with van der Waals surface area (Å²) in [5.41, 5.74) is 1.97. The van der Waals surface area contributed by atoms with E-state index in [0.717, 1.165) is 5.56 Å². The van der Waals surface area contributed by atoms with Crippen molar-refractivity contribution >= 4 is 40.2 Å². The molecule has 1 amide bonds. The quantitative estimate of drug-likeness (QED) is 0.459. The highest BCUT2D eigenvalue weighted by atomic mass is 35.5. The molecule has 5 nitrogen and oxygen atoms in total. The minimum atomic E-state index is -0.186. The van der Waals surface area contributed by atoms with Gasteiger partial charge in [-0.2, -0.15) is 0 Å². The second kappa shape index (κ2) is 9.01. The van der Waals surface area contributed by atoms with Crippen LogP contribution in [0.4, 0.5) is 0 Å². The van der Waals surface area contributed by atoms with Gasteiger partial charge in [0, 0.05) is 11.1 Å². The summed E-state index contributed by atoms with van der Waals surface area (Å²) in [5.74, 6) is 0.421. The van der Waals surface area contributed by atoms with Gasteiger partial charge in [0.1, 0.15) is 0 Å². The van der Waals surface area contributed by atoms with Crippen LogP contribution in [0.15, 0.2) is 52.4 Å². The molecule has 1 heterocycles. The van der Waals surface area contributed by atoms with E-state index < -0.39 is 0 Å². The van der Waals surface area contributed by atoms with E-state index in [9.17, 15) is 9.59 Å². The van der Waals surface area contributed by atoms with E-state index in [1.54, 1.807) is 18.2 Å². The predicted octanol–water partition coefficient (Wildman–Crippen LogP) is 4.60. The number of carbonyl (C=O) groups is 1. The minimum absolute atomic E-state index is 0.0748. The number of rotatable bonds is 6. The molecule has 1 unspecified atom stereocenters. The Labute approximate surface area is 179 Å². The summed E-state index contributed by atoms with van der Waals surface area (Å²) in [6.45, 7) is 8.00. The van der Waals surface area contributed by atoms with Crippen LogP contribution in [-0.4, -0.2) is 27.3 Å². The Balaban J connectivity index is 2.02. The molecule has 3 aromatic rings. The molecule has 0 fully saturated rings. The van der Waals surface area contributed by atoms with E-state index in [1.807, 2.05) is 38.1 Å². The van der Waals surface area contributed by atoms with Crippen LogP contribution in [0, 0.1) is 12.8 Å². The Morgan fingerprint density at radius 3 is 2.62 bits per heavy atom. The number of nitrogens with one attached hydrogen (secondary N) is 1. The average Bonchev–Trinajstić information content (AvgIpc) is 2.68. The first-order chi connectivity index (χ1) is 13.8. The van der Waals surface area contributed by atoms with Gasteiger partial charge in [-0.05, 0) is 49.6 Å². The number of halogens is 1. The Bertz CT molecular complexity index is 1110. The van der Waals surface area contributed by atoms with Crippen molar-refractivity contribution in [2.24, 2.45) is 5.92 Å². The summed E-state index contributed by atoms with van der Waals surface area (Å²) in [6, 6.07) is 12.7. The summed E-state index contributed by atoms with van der Waals surface area (Å²) in [5, 5.41) is 4.53. The van der Waals surface area contributed by atoms with E-state index in [0.29, 0.717) is 32.7 Å². The molecule has 0 bridgehead atoms. The van der Waals surface area contributed by atoms with Gasteiger partial charge in [0.15, 0.2) is 5.16 Å². The zero-order chi connectivity index (χ0) is 21.1. The molecule has 0 aliphatic rings. The number of aryl methyl sites for hydroxylation is 1. The molecular formula is C22H24ClN3O2S. The average molecular weight is 430 g/mol. The molecule has 0 saturated carbocycles. The van der Waals surface area contributed by atoms with Crippen LogP contribution in [0.25, 0.3) is 16.6 Å². The van der Waals surface area contributed by atoms with Gasteiger partial charge in [-0.15, -0.1) is 0 Å². The second-order valence-electron chi connectivity index (χ2n) is 7.37. The molecule has 1 N–H and O–H groups in total. The van der Waals surface area contributed by atoms with Crippen LogP contribution in [0.3, 0.4) is 0 Å². The van der Waals surface area contributed by atoms with Crippen molar-refractivity contribution in [1.82, 2.24) is 14.9 Å². The Morgan fingerprint density at radius 1 is 1.21 bits per heavy atom. The highest BCUT2D eigenvalue weighted by Crippen LogP contribution is 2.24. The molecule has 1 aromatic heterocycles. The maximum Gasteiger partial charge on any atom is 0.266 e. The number of thioether (sulfide) groups is 1. The monoisotopic (exact) mass is 429 g/mol. The number of benzene rings is 2. The Hall–Kier alpha value is -2.31. The normalized spacial score (nSPS) is 12.3. The van der Waals surface area contributed by atoms with E-state index >= 15 is 0 Å². The topological polar surface area (TPSA) is 64.0 Å². The molecule has 0 aliphatic carbocycles. The number of para-hydroxylation sites is 1. The molecule has 0 saturated heterocycles. The Kier molecular flexibility index (Phi) is 6.65. The zero-order valence-corrected chi connectivity index (χ0v) is 18.5. The fourth-order valence-electron chi connectivity index (χ4n) is 2.75. The number of nitrogens with zero attached hydrogens (tertiary/aromatic N) is 2. The van der Waals surface area contributed by atoms with Gasteiger partial charge in [-0.1, -0.05) is 55.4 Å². The lowest BCUT2D eigenvalue weighted by Crippen LogP contribution is -2.37.